The van der Waals surface area contributed by atoms with E-state index >= 15 is 0 Å². The maximum absolute atomic E-state index is 12.2. The molecule has 0 aromatic carbocycles. The molecule has 5 N–H and O–H groups in total. The summed E-state index contributed by atoms with van der Waals surface area (Å²) in [4.78, 5) is 59.5. The summed E-state index contributed by atoms with van der Waals surface area (Å²) >= 11 is 0. The molecule has 0 heterocycles. The Hall–Kier alpha value is -2.50. The molecule has 0 saturated heterocycles. The molecule has 0 saturated carbocycles. The lowest BCUT2D eigenvalue weighted by molar-refractivity contribution is -0.130. The van der Waals surface area contributed by atoms with E-state index in [1.165, 1.54) is 11.8 Å². The summed E-state index contributed by atoms with van der Waals surface area (Å²) in [6.07, 6.45) is 4.19. The summed E-state index contributed by atoms with van der Waals surface area (Å²) in [5.74, 6) is -1.88. The molecule has 6 radical (unpaired) electrons. The van der Waals surface area contributed by atoms with Gasteiger partial charge in [-0.15, -0.1) is 0 Å². The Balaban J connectivity index is 4.40. The summed E-state index contributed by atoms with van der Waals surface area (Å²) in [6.45, 7) is 1.88. The van der Waals surface area contributed by atoms with Crippen molar-refractivity contribution < 1.29 is 24.0 Å². The average Bonchev–Trinajstić information content (AvgIpc) is 2.77. The van der Waals surface area contributed by atoms with Crippen molar-refractivity contribution in [1.29, 1.82) is 0 Å². The minimum atomic E-state index is -0.867. The Labute approximate surface area is 193 Å². The molecule has 0 aromatic heterocycles. The van der Waals surface area contributed by atoms with E-state index in [0.29, 0.717) is 32.4 Å². The summed E-state index contributed by atoms with van der Waals surface area (Å²) in [5, 5.41) is 11.4. The van der Waals surface area contributed by atoms with Gasteiger partial charge in [0.15, 0.2) is 0 Å². The topological polar surface area (TPSA) is 149 Å². The van der Waals surface area contributed by atoms with Gasteiger partial charge in [-0.3, -0.25) is 28.9 Å². The van der Waals surface area contributed by atoms with Crippen molar-refractivity contribution in [3.05, 3.63) is 0 Å². The van der Waals surface area contributed by atoms with Gasteiger partial charge < -0.3 is 26.3 Å². The van der Waals surface area contributed by atoms with E-state index in [1.807, 2.05) is 15.7 Å². The van der Waals surface area contributed by atoms with Gasteiger partial charge in [-0.2, -0.15) is 0 Å². The maximum atomic E-state index is 12.2. The van der Waals surface area contributed by atoms with E-state index in [-0.39, 0.29) is 31.3 Å². The molecular weight excluding hydrogens is 413 g/mol. The number of nitrogens with one attached hydrogen (secondary N) is 5. The second kappa shape index (κ2) is 18.1. The number of unbranched alkanes of at least 4 members (excludes halogenated alkanes) is 3. The molecule has 0 aromatic rings. The Morgan fingerprint density at radius 3 is 1.81 bits per heavy atom. The Morgan fingerprint density at radius 2 is 1.28 bits per heavy atom. The van der Waals surface area contributed by atoms with Gasteiger partial charge in [0.1, 0.15) is 0 Å². The van der Waals surface area contributed by atoms with E-state index in [4.69, 9.17) is 23.9 Å². The smallest absolute Gasteiger partial charge is 0.226 e. The number of amides is 5. The van der Waals surface area contributed by atoms with Crippen molar-refractivity contribution in [3.8, 4) is 0 Å². The summed E-state index contributed by atoms with van der Waals surface area (Å²) < 4.78 is 0. The highest BCUT2D eigenvalue weighted by Gasteiger charge is 2.27. The van der Waals surface area contributed by atoms with E-state index in [2.05, 4.69) is 10.6 Å². The maximum Gasteiger partial charge on any atom is 0.226 e. The third kappa shape index (κ3) is 14.5. The molecule has 172 valence electrons. The third-order valence-electron chi connectivity index (χ3n) is 4.58. The normalized spacial score (nSPS) is 11.3. The van der Waals surface area contributed by atoms with Crippen molar-refractivity contribution in [2.24, 2.45) is 0 Å². The first-order valence-corrected chi connectivity index (χ1v) is 10.5. The molecule has 11 nitrogen and oxygen atoms in total. The number of carbonyl (C=O) groups is 5. The van der Waals surface area contributed by atoms with Crippen LogP contribution < -0.4 is 26.3 Å². The first-order chi connectivity index (χ1) is 15.2. The van der Waals surface area contributed by atoms with E-state index in [1.54, 1.807) is 0 Å². The number of carbonyl (C=O) groups excluding carboxylic acids is 5. The number of hydrogen-bond acceptors (Lipinski definition) is 6. The second-order valence-corrected chi connectivity index (χ2v) is 7.20. The molecule has 0 fully saturated rings. The van der Waals surface area contributed by atoms with Gasteiger partial charge >= 0.3 is 0 Å². The fourth-order valence-corrected chi connectivity index (χ4v) is 2.94. The number of rotatable bonds is 17. The van der Waals surface area contributed by atoms with Crippen molar-refractivity contribution in [3.63, 3.8) is 0 Å². The van der Waals surface area contributed by atoms with Crippen molar-refractivity contribution in [2.75, 3.05) is 26.2 Å². The van der Waals surface area contributed by atoms with Gasteiger partial charge in [0.25, 0.3) is 0 Å². The van der Waals surface area contributed by atoms with Crippen LogP contribution in [0.25, 0.3) is 0 Å². The zero-order valence-corrected chi connectivity index (χ0v) is 18.6. The SMILES string of the molecule is [B]NC(=O)CN(CC(=O)N[B])C(CCCCNC(=O)CCCCCNC(C)=O)C(=O)N[B]. The van der Waals surface area contributed by atoms with Crippen LogP contribution in [0.2, 0.25) is 0 Å². The average molecular weight is 444 g/mol. The van der Waals surface area contributed by atoms with Crippen LogP contribution in [-0.2, 0) is 24.0 Å². The zero-order valence-electron chi connectivity index (χ0n) is 18.6. The molecule has 1 unspecified atom stereocenters. The molecule has 32 heavy (non-hydrogen) atoms. The monoisotopic (exact) mass is 444 g/mol. The van der Waals surface area contributed by atoms with Crippen LogP contribution in [0, 0.1) is 0 Å². The van der Waals surface area contributed by atoms with E-state index in [9.17, 15) is 24.0 Å². The van der Waals surface area contributed by atoms with Gasteiger partial charge in [-0.05, 0) is 32.1 Å². The minimum Gasteiger partial charge on any atom is -0.408 e. The summed E-state index contributed by atoms with van der Waals surface area (Å²) in [7, 11) is 15.4. The van der Waals surface area contributed by atoms with Gasteiger partial charge in [0.2, 0.25) is 53.5 Å². The molecule has 14 heteroatoms. The highest BCUT2D eigenvalue weighted by Crippen LogP contribution is 2.10. The standard InChI is InChI=1S/C18H31B3N6O5/c1-13(28)22-9-5-2-3-8-15(29)23-10-6-4-7-14(18(32)26-21)27(11-16(30)24-19)12-17(31)25-20/h14H,2-12H2,1H3,(H,22,28)(H,23,29)(H,24,30)(H,25,31)(H,26,32). The lowest BCUT2D eigenvalue weighted by atomic mass is 10.1. The molecule has 0 rings (SSSR count). The van der Waals surface area contributed by atoms with Crippen LogP contribution in [-0.4, -0.2) is 90.6 Å². The molecule has 0 aliphatic heterocycles. The van der Waals surface area contributed by atoms with Gasteiger partial charge in [0, 0.05) is 26.4 Å². The fourth-order valence-electron chi connectivity index (χ4n) is 2.94. The molecule has 0 aliphatic rings. The van der Waals surface area contributed by atoms with E-state index in [0.717, 1.165) is 19.3 Å². The van der Waals surface area contributed by atoms with Crippen LogP contribution in [0.4, 0.5) is 0 Å². The molecular formula is C18H31B3N6O5. The highest BCUT2D eigenvalue weighted by atomic mass is 16.2. The van der Waals surface area contributed by atoms with Crippen molar-refractivity contribution in [2.45, 2.75) is 57.9 Å². The first-order valence-electron chi connectivity index (χ1n) is 10.5. The quantitative estimate of drug-likeness (QED) is 0.121. The van der Waals surface area contributed by atoms with Crippen LogP contribution in [0.15, 0.2) is 0 Å². The Kier molecular flexibility index (Phi) is 16.7. The Morgan fingerprint density at radius 1 is 0.719 bits per heavy atom. The number of nitrogens with zero attached hydrogens (tertiary/aromatic N) is 1. The third-order valence-corrected chi connectivity index (χ3v) is 4.58. The van der Waals surface area contributed by atoms with Crippen molar-refractivity contribution in [1.82, 2.24) is 31.2 Å². The molecule has 0 spiro atoms. The van der Waals surface area contributed by atoms with Crippen LogP contribution in [0.1, 0.15) is 51.9 Å². The van der Waals surface area contributed by atoms with Crippen LogP contribution in [0.5, 0.6) is 0 Å². The number of hydrogen-bond donors (Lipinski definition) is 5. The predicted molar refractivity (Wildman–Crippen MR) is 121 cm³/mol. The van der Waals surface area contributed by atoms with Crippen LogP contribution >= 0.6 is 0 Å². The van der Waals surface area contributed by atoms with Gasteiger partial charge in [-0.25, -0.2) is 0 Å². The molecule has 0 aliphatic carbocycles. The largest absolute Gasteiger partial charge is 0.408 e. The molecule has 5 amide bonds. The van der Waals surface area contributed by atoms with Gasteiger partial charge in [-0.1, -0.05) is 6.42 Å². The molecule has 0 bridgehead atoms. The first kappa shape index (κ1) is 29.5. The molecule has 1 atom stereocenters. The second-order valence-electron chi connectivity index (χ2n) is 7.20. The fraction of sp³-hybridized carbons (Fsp3) is 0.722. The van der Waals surface area contributed by atoms with Crippen LogP contribution in [0.3, 0.4) is 0 Å². The van der Waals surface area contributed by atoms with Crippen molar-refractivity contribution >= 4 is 53.5 Å². The lowest BCUT2D eigenvalue weighted by Gasteiger charge is -2.29. The van der Waals surface area contributed by atoms with E-state index < -0.39 is 23.8 Å². The summed E-state index contributed by atoms with van der Waals surface area (Å²) in [6, 6.07) is -0.867. The Bertz CT molecular complexity index is 608. The minimum absolute atomic E-state index is 0.0673. The lowest BCUT2D eigenvalue weighted by Crippen LogP contribution is -2.52. The predicted octanol–water partition coefficient (Wildman–Crippen LogP) is -2.76. The highest BCUT2D eigenvalue weighted by molar-refractivity contribution is 6.16. The zero-order chi connectivity index (χ0) is 24.4. The van der Waals surface area contributed by atoms with Gasteiger partial charge in [0.05, 0.1) is 19.1 Å². The summed E-state index contributed by atoms with van der Waals surface area (Å²) in [5.41, 5.74) is 0.